The summed E-state index contributed by atoms with van der Waals surface area (Å²) in [4.78, 5) is 15.3. The minimum atomic E-state index is 0.226. The van der Waals surface area contributed by atoms with E-state index in [1.54, 1.807) is 11.3 Å². The van der Waals surface area contributed by atoms with E-state index >= 15 is 0 Å². The van der Waals surface area contributed by atoms with Gasteiger partial charge in [-0.3, -0.25) is 4.79 Å². The molecular weight excluding hydrogens is 392 g/mol. The van der Waals surface area contributed by atoms with Gasteiger partial charge in [0.15, 0.2) is 5.78 Å². The van der Waals surface area contributed by atoms with Crippen LogP contribution in [0.5, 0.6) is 5.75 Å². The Bertz CT molecular complexity index is 957. The van der Waals surface area contributed by atoms with Crippen molar-refractivity contribution in [1.29, 1.82) is 0 Å². The van der Waals surface area contributed by atoms with Gasteiger partial charge < -0.3 is 9.47 Å². The van der Waals surface area contributed by atoms with Crippen LogP contribution in [0.1, 0.15) is 57.4 Å². The number of carbonyl (C=O) groups excluding carboxylic acids is 1. The fraction of sp³-hybridized carbons (Fsp3) is 0.522. The number of aryl methyl sites for hydroxylation is 2. The van der Waals surface area contributed by atoms with Gasteiger partial charge >= 0.3 is 0 Å². The quantitative estimate of drug-likeness (QED) is 0.435. The van der Waals surface area contributed by atoms with Gasteiger partial charge in [0, 0.05) is 16.3 Å². The summed E-state index contributed by atoms with van der Waals surface area (Å²) in [7, 11) is 0. The average molecular weight is 417 g/mol. The number of ketones is 1. The van der Waals surface area contributed by atoms with Crippen molar-refractivity contribution in [1.82, 2.24) is 0 Å². The van der Waals surface area contributed by atoms with Crippen LogP contribution in [-0.4, -0.2) is 25.1 Å². The van der Waals surface area contributed by atoms with Gasteiger partial charge in [-0.05, 0) is 65.8 Å². The molecule has 2 aliphatic carbocycles. The van der Waals surface area contributed by atoms with E-state index < -0.39 is 0 Å². The van der Waals surface area contributed by atoms with Gasteiger partial charge in [0.25, 0.3) is 0 Å². The van der Waals surface area contributed by atoms with Gasteiger partial charge in [-0.2, -0.15) is 0 Å². The number of hydrogen-bond donors (Lipinski definition) is 0. The molecule has 0 amide bonds. The van der Waals surface area contributed by atoms with Crippen molar-refractivity contribution in [3.05, 3.63) is 49.7 Å². The maximum Gasteiger partial charge on any atom is 0.173 e. The molecular formula is C23H25ClO3S. The highest BCUT2D eigenvalue weighted by molar-refractivity contribution is 7.14. The first-order valence-electron chi connectivity index (χ1n) is 10.0. The predicted octanol–water partition coefficient (Wildman–Crippen LogP) is 5.60. The maximum absolute atomic E-state index is 13.0. The summed E-state index contributed by atoms with van der Waals surface area (Å²) in [6, 6.07) is 5.74. The van der Waals surface area contributed by atoms with Crippen molar-refractivity contribution in [2.24, 2.45) is 11.3 Å². The molecule has 3 atom stereocenters. The number of Topliss-reactive ketones (excluding diaryl/α,β-unsaturated/α-hetero) is 1. The molecule has 0 N–H and O–H groups in total. The summed E-state index contributed by atoms with van der Waals surface area (Å²) in [5.41, 5.74) is 4.25. The maximum atomic E-state index is 13.0. The summed E-state index contributed by atoms with van der Waals surface area (Å²) in [6.45, 7) is 8.24. The molecule has 1 aromatic carbocycles. The van der Waals surface area contributed by atoms with Crippen LogP contribution in [0.15, 0.2) is 18.2 Å². The first kappa shape index (κ1) is 18.7. The molecule has 3 aliphatic rings. The Hall–Kier alpha value is -1.36. The molecule has 28 heavy (non-hydrogen) atoms. The Morgan fingerprint density at radius 2 is 2.18 bits per heavy atom. The Kier molecular flexibility index (Phi) is 4.38. The second kappa shape index (κ2) is 6.58. The standard InChI is InChI=1S/C23H25ClO3S/c1-12-20-16(9-17-21(20)23(17,2)3)22(28-12)19(25)7-5-13-4-6-14(8-18(13)24)26-10-15-11-27-15/h4,6,8,15,17,21H,5,7,9-11H2,1-3H3/t15?,17-,21-/m1/s1. The van der Waals surface area contributed by atoms with Crippen LogP contribution in [0.2, 0.25) is 5.02 Å². The van der Waals surface area contributed by atoms with Crippen molar-refractivity contribution in [2.45, 2.75) is 52.1 Å². The minimum absolute atomic E-state index is 0.226. The second-order valence-electron chi connectivity index (χ2n) is 8.93. The molecule has 5 heteroatoms. The van der Waals surface area contributed by atoms with Gasteiger partial charge in [-0.1, -0.05) is 31.5 Å². The molecule has 5 rings (SSSR count). The number of benzene rings is 1. The van der Waals surface area contributed by atoms with Crippen molar-refractivity contribution >= 4 is 28.7 Å². The Labute approximate surface area is 175 Å². The topological polar surface area (TPSA) is 38.8 Å². The number of rotatable bonds is 7. The largest absolute Gasteiger partial charge is 0.491 e. The summed E-state index contributed by atoms with van der Waals surface area (Å²) in [5, 5.41) is 0.664. The number of carbonyl (C=O) groups is 1. The molecule has 1 saturated carbocycles. The summed E-state index contributed by atoms with van der Waals surface area (Å²) >= 11 is 8.12. The van der Waals surface area contributed by atoms with Gasteiger partial charge in [-0.25, -0.2) is 0 Å². The van der Waals surface area contributed by atoms with Crippen LogP contribution < -0.4 is 4.74 Å². The van der Waals surface area contributed by atoms with E-state index in [2.05, 4.69) is 20.8 Å². The van der Waals surface area contributed by atoms with E-state index in [1.807, 2.05) is 18.2 Å². The molecule has 0 spiro atoms. The monoisotopic (exact) mass is 416 g/mol. The van der Waals surface area contributed by atoms with Crippen LogP contribution in [0.25, 0.3) is 0 Å². The van der Waals surface area contributed by atoms with Gasteiger partial charge in [0.2, 0.25) is 0 Å². The number of thiophene rings is 1. The van der Waals surface area contributed by atoms with Crippen molar-refractivity contribution in [2.75, 3.05) is 13.2 Å². The first-order valence-corrected chi connectivity index (χ1v) is 11.2. The van der Waals surface area contributed by atoms with Crippen molar-refractivity contribution < 1.29 is 14.3 Å². The number of halogens is 1. The molecule has 148 valence electrons. The minimum Gasteiger partial charge on any atom is -0.491 e. The van der Waals surface area contributed by atoms with Crippen LogP contribution in [0.3, 0.4) is 0 Å². The average Bonchev–Trinajstić information content (AvgIpc) is 3.46. The predicted molar refractivity (Wildman–Crippen MR) is 112 cm³/mol. The smallest absolute Gasteiger partial charge is 0.173 e. The van der Waals surface area contributed by atoms with Crippen LogP contribution in [0.4, 0.5) is 0 Å². The zero-order valence-corrected chi connectivity index (χ0v) is 18.1. The van der Waals surface area contributed by atoms with Crippen LogP contribution >= 0.6 is 22.9 Å². The van der Waals surface area contributed by atoms with Gasteiger partial charge in [-0.15, -0.1) is 11.3 Å². The molecule has 2 fully saturated rings. The lowest BCUT2D eigenvalue weighted by molar-refractivity contribution is 0.0986. The third-order valence-electron chi connectivity index (χ3n) is 6.76. The Morgan fingerprint density at radius 1 is 1.39 bits per heavy atom. The lowest BCUT2D eigenvalue weighted by atomic mass is 9.94. The van der Waals surface area contributed by atoms with Crippen LogP contribution in [0, 0.1) is 18.3 Å². The number of ether oxygens (including phenoxy) is 2. The third-order valence-corrected chi connectivity index (χ3v) is 8.31. The third kappa shape index (κ3) is 3.10. The lowest BCUT2D eigenvalue weighted by Gasteiger charge is -2.10. The first-order chi connectivity index (χ1) is 13.4. The zero-order chi connectivity index (χ0) is 19.6. The molecule has 1 aromatic heterocycles. The molecule has 2 heterocycles. The van der Waals surface area contributed by atoms with Crippen LogP contribution in [-0.2, 0) is 17.6 Å². The molecule has 2 aromatic rings. The summed E-state index contributed by atoms with van der Waals surface area (Å²) in [5.74, 6) is 2.42. The Balaban J connectivity index is 1.25. The second-order valence-corrected chi connectivity index (χ2v) is 10.6. The molecule has 0 bridgehead atoms. The van der Waals surface area contributed by atoms with Gasteiger partial charge in [0.05, 0.1) is 11.5 Å². The van der Waals surface area contributed by atoms with E-state index in [4.69, 9.17) is 21.1 Å². The number of fused-ring (bicyclic) bond motifs is 3. The molecule has 0 radical (unpaired) electrons. The molecule has 1 unspecified atom stereocenters. The summed E-state index contributed by atoms with van der Waals surface area (Å²) in [6.07, 6.45) is 2.47. The van der Waals surface area contributed by atoms with E-state index in [0.717, 1.165) is 35.1 Å². The Morgan fingerprint density at radius 3 is 2.89 bits per heavy atom. The highest BCUT2D eigenvalue weighted by atomic mass is 35.5. The number of epoxide rings is 1. The number of hydrogen-bond acceptors (Lipinski definition) is 4. The highest BCUT2D eigenvalue weighted by Crippen LogP contribution is 2.71. The molecule has 1 aliphatic heterocycles. The fourth-order valence-electron chi connectivity index (χ4n) is 4.89. The lowest BCUT2D eigenvalue weighted by Crippen LogP contribution is -2.06. The van der Waals surface area contributed by atoms with Gasteiger partial charge in [0.1, 0.15) is 18.5 Å². The normalized spacial score (nSPS) is 25.9. The van der Waals surface area contributed by atoms with E-state index in [-0.39, 0.29) is 11.9 Å². The van der Waals surface area contributed by atoms with E-state index in [9.17, 15) is 4.79 Å². The highest BCUT2D eigenvalue weighted by Gasteiger charge is 2.63. The van der Waals surface area contributed by atoms with Crippen molar-refractivity contribution in [3.63, 3.8) is 0 Å². The SMILES string of the molecule is Cc1sc(C(=O)CCc2ccc(OCC3CO3)cc2Cl)c2c1[C@H]1[C@@H](C2)C1(C)C. The fourth-order valence-corrected chi connectivity index (χ4v) is 6.36. The molecule has 3 nitrogen and oxygen atoms in total. The van der Waals surface area contributed by atoms with Crippen molar-refractivity contribution in [3.8, 4) is 5.75 Å². The van der Waals surface area contributed by atoms with E-state index in [0.29, 0.717) is 35.8 Å². The summed E-state index contributed by atoms with van der Waals surface area (Å²) < 4.78 is 10.8. The van der Waals surface area contributed by atoms with E-state index in [1.165, 1.54) is 16.0 Å². The molecule has 1 saturated heterocycles. The zero-order valence-electron chi connectivity index (χ0n) is 16.5.